The molecule has 0 fully saturated rings. The van der Waals surface area contributed by atoms with Gasteiger partial charge in [-0.05, 0) is 19.9 Å². The topological polar surface area (TPSA) is 54.4 Å². The van der Waals surface area contributed by atoms with Crippen LogP contribution in [0.25, 0.3) is 0 Å². The molecule has 4 nitrogen and oxygen atoms in total. The highest BCUT2D eigenvalue weighted by atomic mass is 32.1. The van der Waals surface area contributed by atoms with E-state index in [1.807, 2.05) is 12.4 Å². The van der Waals surface area contributed by atoms with E-state index in [9.17, 15) is 5.11 Å². The highest BCUT2D eigenvalue weighted by Crippen LogP contribution is 2.10. The normalized spacial score (nSPS) is 13.0. The molecule has 0 saturated heterocycles. The lowest BCUT2D eigenvalue weighted by molar-refractivity contribution is 0.0594. The summed E-state index contributed by atoms with van der Waals surface area (Å²) < 4.78 is 4.84. The van der Waals surface area contributed by atoms with Gasteiger partial charge >= 0.3 is 0 Å². The van der Waals surface area contributed by atoms with Crippen molar-refractivity contribution in [2.45, 2.75) is 26.0 Å². The van der Waals surface area contributed by atoms with Crippen molar-refractivity contribution in [1.82, 2.24) is 10.3 Å². The van der Waals surface area contributed by atoms with Gasteiger partial charge in [-0.1, -0.05) is 0 Å². The van der Waals surface area contributed by atoms with Gasteiger partial charge in [-0.25, -0.2) is 4.98 Å². The molecule has 1 aromatic rings. The predicted octanol–water partition coefficient (Wildman–Crippen LogP) is 0.939. The highest BCUT2D eigenvalue weighted by Gasteiger charge is 2.03. The van der Waals surface area contributed by atoms with E-state index in [0.717, 1.165) is 18.8 Å². The molecular formula is C10H18N2O2S. The van der Waals surface area contributed by atoms with Gasteiger partial charge in [-0.15, -0.1) is 11.3 Å². The standard InChI is InChI=1S/C10H18N2O2S/c1-8-10(15-7-12-8)5-11-4-3-9(13)6-14-2/h7,9,11,13H,3-6H2,1-2H3. The SMILES string of the molecule is COCC(O)CCNCc1scnc1C. The second-order valence-corrected chi connectivity index (χ2v) is 4.37. The molecule has 1 aromatic heterocycles. The molecular weight excluding hydrogens is 212 g/mol. The number of hydrogen-bond donors (Lipinski definition) is 2. The zero-order chi connectivity index (χ0) is 11.1. The molecule has 5 heteroatoms. The second-order valence-electron chi connectivity index (χ2n) is 3.44. The van der Waals surface area contributed by atoms with Crippen LogP contribution in [0.5, 0.6) is 0 Å². The van der Waals surface area contributed by atoms with E-state index in [2.05, 4.69) is 10.3 Å². The molecule has 0 radical (unpaired) electrons. The molecule has 86 valence electrons. The Labute approximate surface area is 94.3 Å². The van der Waals surface area contributed by atoms with Gasteiger partial charge in [0.25, 0.3) is 0 Å². The van der Waals surface area contributed by atoms with E-state index in [4.69, 9.17) is 4.74 Å². The van der Waals surface area contributed by atoms with Gasteiger partial charge in [-0.2, -0.15) is 0 Å². The van der Waals surface area contributed by atoms with Crippen LogP contribution in [-0.4, -0.2) is 36.5 Å². The number of nitrogens with one attached hydrogen (secondary N) is 1. The first-order chi connectivity index (χ1) is 7.24. The third-order valence-electron chi connectivity index (χ3n) is 2.14. The van der Waals surface area contributed by atoms with Crippen molar-refractivity contribution in [2.75, 3.05) is 20.3 Å². The summed E-state index contributed by atoms with van der Waals surface area (Å²) in [6, 6.07) is 0. The smallest absolute Gasteiger partial charge is 0.0798 e. The Kier molecular flexibility index (Phi) is 5.78. The van der Waals surface area contributed by atoms with E-state index < -0.39 is 0 Å². The van der Waals surface area contributed by atoms with Crippen LogP contribution in [0, 0.1) is 6.92 Å². The molecule has 1 unspecified atom stereocenters. The van der Waals surface area contributed by atoms with Crippen molar-refractivity contribution in [3.05, 3.63) is 16.1 Å². The number of nitrogens with zero attached hydrogens (tertiary/aromatic N) is 1. The number of aromatic nitrogens is 1. The number of methoxy groups -OCH3 is 1. The largest absolute Gasteiger partial charge is 0.391 e. The van der Waals surface area contributed by atoms with Crippen LogP contribution in [0.15, 0.2) is 5.51 Å². The van der Waals surface area contributed by atoms with Crippen LogP contribution >= 0.6 is 11.3 Å². The third kappa shape index (κ3) is 4.70. The number of thiazole rings is 1. The van der Waals surface area contributed by atoms with Gasteiger partial charge in [0.15, 0.2) is 0 Å². The molecule has 0 saturated carbocycles. The van der Waals surface area contributed by atoms with E-state index >= 15 is 0 Å². The lowest BCUT2D eigenvalue weighted by Crippen LogP contribution is -2.22. The van der Waals surface area contributed by atoms with E-state index in [0.29, 0.717) is 13.0 Å². The monoisotopic (exact) mass is 230 g/mol. The Morgan fingerprint density at radius 3 is 3.07 bits per heavy atom. The fourth-order valence-electron chi connectivity index (χ4n) is 1.24. The Balaban J connectivity index is 2.09. The Bertz CT molecular complexity index is 278. The number of aryl methyl sites for hydroxylation is 1. The zero-order valence-corrected chi connectivity index (χ0v) is 10.0. The van der Waals surface area contributed by atoms with Gasteiger partial charge in [0.1, 0.15) is 0 Å². The number of aliphatic hydroxyl groups excluding tert-OH is 1. The molecule has 0 aliphatic heterocycles. The van der Waals surface area contributed by atoms with Crippen molar-refractivity contribution in [1.29, 1.82) is 0 Å². The molecule has 0 spiro atoms. The van der Waals surface area contributed by atoms with Crippen molar-refractivity contribution in [3.8, 4) is 0 Å². The quantitative estimate of drug-likeness (QED) is 0.684. The summed E-state index contributed by atoms with van der Waals surface area (Å²) in [5, 5.41) is 12.7. The van der Waals surface area contributed by atoms with E-state index in [-0.39, 0.29) is 6.10 Å². The number of rotatable bonds is 7. The Hall–Kier alpha value is -0.490. The summed E-state index contributed by atoms with van der Waals surface area (Å²) in [5.41, 5.74) is 2.94. The van der Waals surface area contributed by atoms with Gasteiger partial charge in [0.05, 0.1) is 23.9 Å². The first-order valence-corrected chi connectivity index (χ1v) is 5.88. The maximum atomic E-state index is 9.39. The molecule has 2 N–H and O–H groups in total. The molecule has 0 bridgehead atoms. The summed E-state index contributed by atoms with van der Waals surface area (Å²) in [5.74, 6) is 0. The highest BCUT2D eigenvalue weighted by molar-refractivity contribution is 7.09. The van der Waals surface area contributed by atoms with Crippen molar-refractivity contribution in [2.24, 2.45) is 0 Å². The maximum absolute atomic E-state index is 9.39. The lowest BCUT2D eigenvalue weighted by Gasteiger charge is -2.09. The average molecular weight is 230 g/mol. The summed E-state index contributed by atoms with van der Waals surface area (Å²) in [4.78, 5) is 5.43. The maximum Gasteiger partial charge on any atom is 0.0798 e. The molecule has 0 amide bonds. The minimum atomic E-state index is -0.370. The third-order valence-corrected chi connectivity index (χ3v) is 3.08. The number of aliphatic hydroxyl groups is 1. The molecule has 1 atom stereocenters. The van der Waals surface area contributed by atoms with Gasteiger partial charge in [-0.3, -0.25) is 0 Å². The van der Waals surface area contributed by atoms with Crippen LogP contribution in [-0.2, 0) is 11.3 Å². The summed E-state index contributed by atoms with van der Waals surface area (Å²) in [7, 11) is 1.59. The minimum absolute atomic E-state index is 0.370. The first kappa shape index (κ1) is 12.6. The molecule has 15 heavy (non-hydrogen) atoms. The fourth-order valence-corrected chi connectivity index (χ4v) is 1.99. The van der Waals surface area contributed by atoms with Crippen LogP contribution in [0.2, 0.25) is 0 Å². The molecule has 0 aliphatic rings. The minimum Gasteiger partial charge on any atom is -0.391 e. The van der Waals surface area contributed by atoms with Crippen LogP contribution in [0.3, 0.4) is 0 Å². The molecule has 0 aliphatic carbocycles. The van der Waals surface area contributed by atoms with Crippen LogP contribution in [0.1, 0.15) is 17.0 Å². The number of ether oxygens (including phenoxy) is 1. The molecule has 1 rings (SSSR count). The predicted molar refractivity (Wildman–Crippen MR) is 61.1 cm³/mol. The molecule has 0 aromatic carbocycles. The van der Waals surface area contributed by atoms with Gasteiger partial charge < -0.3 is 15.2 Å². The first-order valence-electron chi connectivity index (χ1n) is 5.00. The Morgan fingerprint density at radius 1 is 1.67 bits per heavy atom. The van der Waals surface area contributed by atoms with E-state index in [1.54, 1.807) is 18.4 Å². The molecule has 1 heterocycles. The van der Waals surface area contributed by atoms with E-state index in [1.165, 1.54) is 4.88 Å². The fraction of sp³-hybridized carbons (Fsp3) is 0.700. The summed E-state index contributed by atoms with van der Waals surface area (Å²) in [6.07, 6.45) is 0.344. The second kappa shape index (κ2) is 6.90. The van der Waals surface area contributed by atoms with Crippen LogP contribution in [0.4, 0.5) is 0 Å². The summed E-state index contributed by atoms with van der Waals surface area (Å²) >= 11 is 1.66. The van der Waals surface area contributed by atoms with Crippen molar-refractivity contribution in [3.63, 3.8) is 0 Å². The summed E-state index contributed by atoms with van der Waals surface area (Å²) in [6.45, 7) is 4.03. The van der Waals surface area contributed by atoms with Crippen molar-refractivity contribution >= 4 is 11.3 Å². The zero-order valence-electron chi connectivity index (χ0n) is 9.19. The van der Waals surface area contributed by atoms with Crippen LogP contribution < -0.4 is 5.32 Å². The number of hydrogen-bond acceptors (Lipinski definition) is 5. The Morgan fingerprint density at radius 2 is 2.47 bits per heavy atom. The van der Waals surface area contributed by atoms with Gasteiger partial charge in [0.2, 0.25) is 0 Å². The lowest BCUT2D eigenvalue weighted by atomic mass is 10.2. The van der Waals surface area contributed by atoms with Crippen molar-refractivity contribution < 1.29 is 9.84 Å². The average Bonchev–Trinajstić information content (AvgIpc) is 2.60. The van der Waals surface area contributed by atoms with Gasteiger partial charge in [0, 0.05) is 18.5 Å².